The maximum atomic E-state index is 9.90. The molecule has 0 saturated carbocycles. The third-order valence-corrected chi connectivity index (χ3v) is 4.59. The highest BCUT2D eigenvalue weighted by Crippen LogP contribution is 2.26. The van der Waals surface area contributed by atoms with Crippen LogP contribution >= 0.6 is 0 Å². The molecule has 4 nitrogen and oxygen atoms in total. The molecule has 0 bridgehead atoms. The Morgan fingerprint density at radius 3 is 1.04 bits per heavy atom. The van der Waals surface area contributed by atoms with Crippen LogP contribution in [0.4, 0.5) is 11.4 Å². The molecule has 0 amide bonds. The van der Waals surface area contributed by atoms with E-state index in [0.29, 0.717) is 11.4 Å². The van der Waals surface area contributed by atoms with Crippen LogP contribution in [-0.4, -0.2) is 12.2 Å². The van der Waals surface area contributed by atoms with Gasteiger partial charge in [0.1, 0.15) is 11.4 Å². The van der Waals surface area contributed by atoms with Crippen molar-refractivity contribution < 1.29 is 9.59 Å². The van der Waals surface area contributed by atoms with Crippen LogP contribution in [0.1, 0.15) is 33.4 Å². The number of aliphatic imine (C=N–C) groups is 2. The third kappa shape index (κ3) is 4.36. The average Bonchev–Trinajstić information content (AvgIpc) is 2.59. The Balaban J connectivity index is 0.000000240. The molecule has 2 aromatic carbocycles. The Bertz CT molecular complexity index is 699. The number of hydrogen-bond acceptors (Lipinski definition) is 4. The predicted octanol–water partition coefficient (Wildman–Crippen LogP) is 5.16. The van der Waals surface area contributed by atoms with Crippen molar-refractivity contribution in [2.24, 2.45) is 9.98 Å². The minimum Gasteiger partial charge on any atom is -0.211 e. The molecule has 0 radical (unpaired) electrons. The van der Waals surface area contributed by atoms with Gasteiger partial charge in [0.25, 0.3) is 0 Å². The fourth-order valence-electron chi connectivity index (χ4n) is 2.44. The second-order valence-electron chi connectivity index (χ2n) is 5.64. The van der Waals surface area contributed by atoms with Crippen LogP contribution in [0.3, 0.4) is 0 Å². The number of hydrogen-bond donors (Lipinski definition) is 0. The molecule has 4 heteroatoms. The van der Waals surface area contributed by atoms with E-state index in [2.05, 4.69) is 51.5 Å². The number of carbonyl (C=O) groups excluding carboxylic acids is 2. The van der Waals surface area contributed by atoms with E-state index in [1.165, 1.54) is 45.5 Å². The molecule has 0 fully saturated rings. The fraction of sp³-hybridized carbons (Fsp3) is 0.300. The highest BCUT2D eigenvalue weighted by molar-refractivity contribution is 5.67. The molecule has 0 atom stereocenters. The van der Waals surface area contributed by atoms with E-state index in [1.807, 2.05) is 0 Å². The van der Waals surface area contributed by atoms with Crippen molar-refractivity contribution in [2.75, 3.05) is 0 Å². The molecule has 2 aromatic rings. The monoisotopic (exact) mass is 322 g/mol. The maximum absolute atomic E-state index is 9.90. The van der Waals surface area contributed by atoms with Gasteiger partial charge in [0.2, 0.25) is 12.2 Å². The Morgan fingerprint density at radius 1 is 0.583 bits per heavy atom. The van der Waals surface area contributed by atoms with Gasteiger partial charge in [0.05, 0.1) is 0 Å². The first-order chi connectivity index (χ1) is 11.3. The Labute approximate surface area is 143 Å². The second-order valence-corrected chi connectivity index (χ2v) is 5.64. The van der Waals surface area contributed by atoms with Crippen LogP contribution in [0.15, 0.2) is 34.3 Å². The largest absolute Gasteiger partial charge is 0.240 e. The molecule has 0 saturated heterocycles. The lowest BCUT2D eigenvalue weighted by molar-refractivity contribution is 0.564. The molecule has 0 aliphatic heterocycles. The summed E-state index contributed by atoms with van der Waals surface area (Å²) < 4.78 is 0. The first-order valence-corrected chi connectivity index (χ1v) is 7.63. The SMILES string of the molecule is Cc1c(C)c(C)c(C)c(C)c1C.O=C=Nc1ccccc1N=C=O. The highest BCUT2D eigenvalue weighted by Gasteiger charge is 2.07. The van der Waals surface area contributed by atoms with E-state index < -0.39 is 0 Å². The summed E-state index contributed by atoms with van der Waals surface area (Å²) in [5, 5.41) is 0. The third-order valence-electron chi connectivity index (χ3n) is 4.59. The van der Waals surface area contributed by atoms with E-state index in [-0.39, 0.29) is 0 Å². The Morgan fingerprint density at radius 2 is 0.833 bits per heavy atom. The van der Waals surface area contributed by atoms with Crippen LogP contribution < -0.4 is 0 Å². The van der Waals surface area contributed by atoms with E-state index in [4.69, 9.17) is 0 Å². The zero-order valence-electron chi connectivity index (χ0n) is 15.0. The Kier molecular flexibility index (Phi) is 7.00. The average molecular weight is 322 g/mol. The standard InChI is InChI=1S/C12H18.C8H4N2O2/c1-7-8(2)10(4)12(6)11(5)9(7)3;11-5-9-7-3-1-2-4-8(7)10-6-12/h1-6H3;1-4H. The Hall–Kier alpha value is -2.80. The van der Waals surface area contributed by atoms with E-state index in [9.17, 15) is 9.59 Å². The van der Waals surface area contributed by atoms with Crippen LogP contribution in [0, 0.1) is 41.5 Å². The molecular formula is C20H22N2O2. The molecular weight excluding hydrogens is 300 g/mol. The molecule has 0 aliphatic carbocycles. The maximum Gasteiger partial charge on any atom is 0.240 e. The zero-order valence-corrected chi connectivity index (χ0v) is 15.0. The summed E-state index contributed by atoms with van der Waals surface area (Å²) in [5.41, 5.74) is 9.36. The van der Waals surface area contributed by atoms with Crippen molar-refractivity contribution in [2.45, 2.75) is 41.5 Å². The molecule has 0 unspecified atom stereocenters. The number of benzene rings is 2. The predicted molar refractivity (Wildman–Crippen MR) is 96.9 cm³/mol. The van der Waals surface area contributed by atoms with Crippen LogP contribution in [0.2, 0.25) is 0 Å². The van der Waals surface area contributed by atoms with Crippen molar-refractivity contribution in [3.05, 3.63) is 57.6 Å². The van der Waals surface area contributed by atoms with Gasteiger partial charge >= 0.3 is 0 Å². The minimum atomic E-state index is 0.316. The van der Waals surface area contributed by atoms with Gasteiger partial charge in [-0.2, -0.15) is 9.98 Å². The van der Waals surface area contributed by atoms with Gasteiger partial charge in [0.15, 0.2) is 0 Å². The summed E-state index contributed by atoms with van der Waals surface area (Å²) >= 11 is 0. The zero-order chi connectivity index (χ0) is 18.3. The van der Waals surface area contributed by atoms with Crippen LogP contribution in [0.25, 0.3) is 0 Å². The molecule has 0 aromatic heterocycles. The van der Waals surface area contributed by atoms with Crippen molar-refractivity contribution >= 4 is 23.5 Å². The van der Waals surface area contributed by atoms with E-state index in [0.717, 1.165) is 0 Å². The quantitative estimate of drug-likeness (QED) is 0.566. The summed E-state index contributed by atoms with van der Waals surface area (Å²) in [6.45, 7) is 13.3. The summed E-state index contributed by atoms with van der Waals surface area (Å²) in [6, 6.07) is 6.47. The van der Waals surface area contributed by atoms with Crippen molar-refractivity contribution in [3.8, 4) is 0 Å². The molecule has 24 heavy (non-hydrogen) atoms. The van der Waals surface area contributed by atoms with Crippen molar-refractivity contribution in [1.82, 2.24) is 0 Å². The lowest BCUT2D eigenvalue weighted by Crippen LogP contribution is -1.98. The first kappa shape index (κ1) is 19.2. The van der Waals surface area contributed by atoms with E-state index >= 15 is 0 Å². The number of rotatable bonds is 2. The number of para-hydroxylation sites is 2. The normalized spacial score (nSPS) is 9.25. The summed E-state index contributed by atoms with van der Waals surface area (Å²) in [7, 11) is 0. The molecule has 124 valence electrons. The minimum absolute atomic E-state index is 0.316. The summed E-state index contributed by atoms with van der Waals surface area (Å²) in [4.78, 5) is 26.5. The smallest absolute Gasteiger partial charge is 0.211 e. The van der Waals surface area contributed by atoms with Gasteiger partial charge < -0.3 is 0 Å². The number of nitrogens with zero attached hydrogens (tertiary/aromatic N) is 2. The van der Waals surface area contributed by atoms with Crippen molar-refractivity contribution in [1.29, 1.82) is 0 Å². The van der Waals surface area contributed by atoms with Gasteiger partial charge in [-0.05, 0) is 87.1 Å². The van der Waals surface area contributed by atoms with Crippen molar-refractivity contribution in [3.63, 3.8) is 0 Å². The van der Waals surface area contributed by atoms with Crippen LogP contribution in [0.5, 0.6) is 0 Å². The lowest BCUT2D eigenvalue weighted by Gasteiger charge is -2.15. The van der Waals surface area contributed by atoms with E-state index in [1.54, 1.807) is 24.3 Å². The molecule has 0 spiro atoms. The fourth-order valence-corrected chi connectivity index (χ4v) is 2.44. The molecule has 0 N–H and O–H groups in total. The molecule has 0 aliphatic rings. The van der Waals surface area contributed by atoms with Gasteiger partial charge in [-0.1, -0.05) is 12.1 Å². The second kappa shape index (κ2) is 8.73. The topological polar surface area (TPSA) is 58.9 Å². The first-order valence-electron chi connectivity index (χ1n) is 7.63. The van der Waals surface area contributed by atoms with Gasteiger partial charge in [-0.3, -0.25) is 0 Å². The summed E-state index contributed by atoms with van der Waals surface area (Å²) in [6.07, 6.45) is 2.74. The molecule has 2 rings (SSSR count). The van der Waals surface area contributed by atoms with Gasteiger partial charge in [0, 0.05) is 0 Å². The van der Waals surface area contributed by atoms with Gasteiger partial charge in [-0.15, -0.1) is 0 Å². The van der Waals surface area contributed by atoms with Crippen LogP contribution in [-0.2, 0) is 9.59 Å². The molecule has 0 heterocycles. The highest BCUT2D eigenvalue weighted by atomic mass is 16.1. The van der Waals surface area contributed by atoms with Gasteiger partial charge in [-0.25, -0.2) is 9.59 Å². The number of isocyanates is 2. The lowest BCUT2D eigenvalue weighted by atomic mass is 9.90. The summed E-state index contributed by atoms with van der Waals surface area (Å²) in [5.74, 6) is 0.